The number of aromatic nitrogens is 1. The number of nitrogens with two attached hydrogens (primary N) is 1. The van der Waals surface area contributed by atoms with E-state index in [2.05, 4.69) is 0 Å². The number of aryl methyl sites for hydroxylation is 1. The number of rotatable bonds is 4. The third-order valence-electron chi connectivity index (χ3n) is 3.37. The summed E-state index contributed by atoms with van der Waals surface area (Å²) in [7, 11) is 0. The SMILES string of the molecule is CC(=O)c1ccc(C)n(Cc2ccc(CN)cc2)c1=O. The molecule has 2 N–H and O–H groups in total. The van der Waals surface area contributed by atoms with Gasteiger partial charge in [-0.2, -0.15) is 0 Å². The van der Waals surface area contributed by atoms with Crippen molar-refractivity contribution >= 4 is 5.78 Å². The molecular formula is C16H18N2O2. The summed E-state index contributed by atoms with van der Waals surface area (Å²) >= 11 is 0. The lowest BCUT2D eigenvalue weighted by Crippen LogP contribution is -2.27. The molecule has 0 atom stereocenters. The first-order valence-electron chi connectivity index (χ1n) is 6.52. The third-order valence-corrected chi connectivity index (χ3v) is 3.37. The van der Waals surface area contributed by atoms with Crippen LogP contribution >= 0.6 is 0 Å². The Kier molecular flexibility index (Phi) is 4.15. The van der Waals surface area contributed by atoms with Gasteiger partial charge in [-0.3, -0.25) is 9.59 Å². The second kappa shape index (κ2) is 5.84. The summed E-state index contributed by atoms with van der Waals surface area (Å²) < 4.78 is 1.62. The van der Waals surface area contributed by atoms with Gasteiger partial charge in [-0.05, 0) is 37.1 Å². The summed E-state index contributed by atoms with van der Waals surface area (Å²) in [6, 6.07) is 11.2. The number of Topliss-reactive ketones (excluding diaryl/α,β-unsaturated/α-hetero) is 1. The molecule has 4 nitrogen and oxygen atoms in total. The number of carbonyl (C=O) groups excluding carboxylic acids is 1. The summed E-state index contributed by atoms with van der Waals surface area (Å²) in [5.41, 5.74) is 8.45. The first-order chi connectivity index (χ1) is 9.52. The second-order valence-corrected chi connectivity index (χ2v) is 4.86. The van der Waals surface area contributed by atoms with E-state index >= 15 is 0 Å². The molecule has 104 valence electrons. The van der Waals surface area contributed by atoms with Gasteiger partial charge in [0, 0.05) is 12.2 Å². The van der Waals surface area contributed by atoms with Gasteiger partial charge >= 0.3 is 0 Å². The van der Waals surface area contributed by atoms with Crippen LogP contribution in [0.25, 0.3) is 0 Å². The van der Waals surface area contributed by atoms with Crippen molar-refractivity contribution < 1.29 is 4.79 Å². The summed E-state index contributed by atoms with van der Waals surface area (Å²) in [5.74, 6) is -0.206. The molecule has 0 saturated carbocycles. The molecule has 0 aliphatic carbocycles. The van der Waals surface area contributed by atoms with Crippen molar-refractivity contribution in [3.8, 4) is 0 Å². The predicted octanol–water partition coefficient (Wildman–Crippen LogP) is 1.87. The highest BCUT2D eigenvalue weighted by Crippen LogP contribution is 2.07. The molecule has 0 aliphatic rings. The van der Waals surface area contributed by atoms with Crippen LogP contribution in [0.1, 0.15) is 34.1 Å². The largest absolute Gasteiger partial charge is 0.326 e. The number of pyridine rings is 1. The Labute approximate surface area is 117 Å². The van der Waals surface area contributed by atoms with Crippen molar-refractivity contribution in [2.24, 2.45) is 5.73 Å². The van der Waals surface area contributed by atoms with Gasteiger partial charge in [0.1, 0.15) is 0 Å². The van der Waals surface area contributed by atoms with Gasteiger partial charge in [-0.25, -0.2) is 0 Å². The Morgan fingerprint density at radius 3 is 2.25 bits per heavy atom. The fourth-order valence-corrected chi connectivity index (χ4v) is 2.10. The fourth-order valence-electron chi connectivity index (χ4n) is 2.10. The van der Waals surface area contributed by atoms with Crippen LogP contribution in [0.4, 0.5) is 0 Å². The normalized spacial score (nSPS) is 10.6. The lowest BCUT2D eigenvalue weighted by molar-refractivity contribution is 0.101. The quantitative estimate of drug-likeness (QED) is 0.862. The van der Waals surface area contributed by atoms with Crippen molar-refractivity contribution in [3.05, 3.63) is 69.1 Å². The van der Waals surface area contributed by atoms with Gasteiger partial charge in [-0.15, -0.1) is 0 Å². The van der Waals surface area contributed by atoms with E-state index in [0.717, 1.165) is 16.8 Å². The minimum Gasteiger partial charge on any atom is -0.326 e. The zero-order chi connectivity index (χ0) is 14.7. The summed E-state index contributed by atoms with van der Waals surface area (Å²) in [6.45, 7) is 4.22. The maximum Gasteiger partial charge on any atom is 0.261 e. The van der Waals surface area contributed by atoms with Crippen LogP contribution in [0.5, 0.6) is 0 Å². The highest BCUT2D eigenvalue weighted by Gasteiger charge is 2.10. The lowest BCUT2D eigenvalue weighted by atomic mass is 10.1. The molecule has 4 heteroatoms. The molecule has 20 heavy (non-hydrogen) atoms. The molecule has 1 aromatic heterocycles. The average molecular weight is 270 g/mol. The number of carbonyl (C=O) groups is 1. The topological polar surface area (TPSA) is 65.1 Å². The zero-order valence-electron chi connectivity index (χ0n) is 11.7. The average Bonchev–Trinajstić information content (AvgIpc) is 2.43. The molecule has 1 heterocycles. The number of benzene rings is 1. The maximum absolute atomic E-state index is 12.3. The molecule has 0 fully saturated rings. The number of nitrogens with zero attached hydrogens (tertiary/aromatic N) is 1. The van der Waals surface area contributed by atoms with E-state index in [1.165, 1.54) is 6.92 Å². The fraction of sp³-hybridized carbons (Fsp3) is 0.250. The Bertz CT molecular complexity index is 685. The maximum atomic E-state index is 12.3. The number of hydrogen-bond acceptors (Lipinski definition) is 3. The molecule has 2 rings (SSSR count). The smallest absolute Gasteiger partial charge is 0.261 e. The Morgan fingerprint density at radius 2 is 1.70 bits per heavy atom. The van der Waals surface area contributed by atoms with E-state index in [0.29, 0.717) is 13.1 Å². The summed E-state index contributed by atoms with van der Waals surface area (Å²) in [5, 5.41) is 0. The first-order valence-corrected chi connectivity index (χ1v) is 6.52. The monoisotopic (exact) mass is 270 g/mol. The summed E-state index contributed by atoms with van der Waals surface area (Å²) in [4.78, 5) is 23.7. The Morgan fingerprint density at radius 1 is 1.10 bits per heavy atom. The van der Waals surface area contributed by atoms with Crippen LogP contribution in [0.2, 0.25) is 0 Å². The van der Waals surface area contributed by atoms with E-state index in [9.17, 15) is 9.59 Å². The van der Waals surface area contributed by atoms with E-state index in [1.54, 1.807) is 16.7 Å². The standard InChI is InChI=1S/C16H18N2O2/c1-11-3-8-15(12(2)19)16(20)18(11)10-14-6-4-13(9-17)5-7-14/h3-8H,9-10,17H2,1-2H3. The predicted molar refractivity (Wildman–Crippen MR) is 78.9 cm³/mol. The van der Waals surface area contributed by atoms with Crippen LogP contribution in [0.3, 0.4) is 0 Å². The molecule has 0 bridgehead atoms. The minimum absolute atomic E-state index is 0.206. The molecule has 1 aromatic carbocycles. The first kappa shape index (κ1) is 14.2. The molecule has 0 spiro atoms. The summed E-state index contributed by atoms with van der Waals surface area (Å²) in [6.07, 6.45) is 0. The van der Waals surface area contributed by atoms with Gasteiger partial charge in [0.25, 0.3) is 5.56 Å². The van der Waals surface area contributed by atoms with Crippen LogP contribution < -0.4 is 11.3 Å². The van der Waals surface area contributed by atoms with Gasteiger partial charge in [-0.1, -0.05) is 24.3 Å². The van der Waals surface area contributed by atoms with Crippen LogP contribution in [-0.2, 0) is 13.1 Å². The van der Waals surface area contributed by atoms with Gasteiger partial charge < -0.3 is 10.3 Å². The molecule has 0 radical (unpaired) electrons. The number of hydrogen-bond donors (Lipinski definition) is 1. The Balaban J connectivity index is 2.39. The van der Waals surface area contributed by atoms with Crippen LogP contribution in [0, 0.1) is 6.92 Å². The lowest BCUT2D eigenvalue weighted by Gasteiger charge is -2.11. The second-order valence-electron chi connectivity index (χ2n) is 4.86. The minimum atomic E-state index is -0.236. The van der Waals surface area contributed by atoms with Gasteiger partial charge in [0.2, 0.25) is 0 Å². The van der Waals surface area contributed by atoms with Gasteiger partial charge in [0.15, 0.2) is 5.78 Å². The van der Waals surface area contributed by atoms with Crippen LogP contribution in [-0.4, -0.2) is 10.4 Å². The van der Waals surface area contributed by atoms with Crippen molar-refractivity contribution in [1.29, 1.82) is 0 Å². The van der Waals surface area contributed by atoms with E-state index in [4.69, 9.17) is 5.73 Å². The molecule has 0 saturated heterocycles. The highest BCUT2D eigenvalue weighted by atomic mass is 16.1. The molecule has 2 aromatic rings. The van der Waals surface area contributed by atoms with E-state index in [-0.39, 0.29) is 16.9 Å². The third kappa shape index (κ3) is 2.86. The van der Waals surface area contributed by atoms with Crippen molar-refractivity contribution in [1.82, 2.24) is 4.57 Å². The molecular weight excluding hydrogens is 252 g/mol. The van der Waals surface area contributed by atoms with Gasteiger partial charge in [0.05, 0.1) is 12.1 Å². The number of ketones is 1. The van der Waals surface area contributed by atoms with Crippen molar-refractivity contribution in [2.45, 2.75) is 26.9 Å². The van der Waals surface area contributed by atoms with Crippen molar-refractivity contribution in [2.75, 3.05) is 0 Å². The van der Waals surface area contributed by atoms with E-state index < -0.39 is 0 Å². The molecule has 0 aliphatic heterocycles. The van der Waals surface area contributed by atoms with Crippen molar-refractivity contribution in [3.63, 3.8) is 0 Å². The Hall–Kier alpha value is -2.20. The molecule has 0 amide bonds. The molecule has 0 unspecified atom stereocenters. The zero-order valence-corrected chi connectivity index (χ0v) is 11.7. The van der Waals surface area contributed by atoms with E-state index in [1.807, 2.05) is 31.2 Å². The van der Waals surface area contributed by atoms with Crippen LogP contribution in [0.15, 0.2) is 41.2 Å². The highest BCUT2D eigenvalue weighted by molar-refractivity contribution is 5.93.